The van der Waals surface area contributed by atoms with Crippen molar-refractivity contribution in [3.05, 3.63) is 60.9 Å². The average molecular weight is 240 g/mol. The highest BCUT2D eigenvalue weighted by molar-refractivity contribution is 7.99. The first kappa shape index (κ1) is 10.3. The van der Waals surface area contributed by atoms with Crippen LogP contribution in [0.1, 0.15) is 0 Å². The number of fused-ring (bicyclic) bond motifs is 1. The minimum Gasteiger partial charge on any atom is -0.399 e. The van der Waals surface area contributed by atoms with Gasteiger partial charge in [-0.25, -0.2) is 0 Å². The lowest BCUT2D eigenvalue weighted by molar-refractivity contribution is 1.14. The summed E-state index contributed by atoms with van der Waals surface area (Å²) in [5.74, 6) is 0. The summed E-state index contributed by atoms with van der Waals surface area (Å²) >= 11 is 1.74. The lowest BCUT2D eigenvalue weighted by atomic mass is 10.3. The molecule has 0 atom stereocenters. The number of nitrogen functional groups attached to an aromatic ring is 1. The largest absolute Gasteiger partial charge is 0.399 e. The summed E-state index contributed by atoms with van der Waals surface area (Å²) in [6.07, 6.45) is 4.19. The maximum Gasteiger partial charge on any atom is 0.0450 e. The SMILES string of the molecule is Nc1ccc(Sc2ccc3cccn3c2)cc1. The zero-order chi connectivity index (χ0) is 11.7. The molecule has 0 saturated carbocycles. The molecule has 3 heteroatoms. The molecule has 2 heterocycles. The van der Waals surface area contributed by atoms with Gasteiger partial charge in [0.05, 0.1) is 0 Å². The van der Waals surface area contributed by atoms with Crippen molar-refractivity contribution in [2.24, 2.45) is 0 Å². The molecule has 2 N–H and O–H groups in total. The smallest absolute Gasteiger partial charge is 0.0450 e. The van der Waals surface area contributed by atoms with Crippen LogP contribution in [0.4, 0.5) is 5.69 Å². The number of hydrogen-bond donors (Lipinski definition) is 1. The molecular weight excluding hydrogens is 228 g/mol. The van der Waals surface area contributed by atoms with E-state index in [1.165, 1.54) is 15.3 Å². The molecule has 2 aromatic heterocycles. The monoisotopic (exact) mass is 240 g/mol. The van der Waals surface area contributed by atoms with Gasteiger partial charge in [0.15, 0.2) is 0 Å². The van der Waals surface area contributed by atoms with Gasteiger partial charge in [0.25, 0.3) is 0 Å². The Labute approximate surface area is 104 Å². The first-order valence-corrected chi connectivity index (χ1v) is 6.23. The van der Waals surface area contributed by atoms with Gasteiger partial charge in [0, 0.05) is 33.4 Å². The molecule has 0 saturated heterocycles. The molecule has 0 aliphatic rings. The van der Waals surface area contributed by atoms with Crippen molar-refractivity contribution < 1.29 is 0 Å². The molecule has 2 nitrogen and oxygen atoms in total. The predicted molar refractivity (Wildman–Crippen MR) is 72.4 cm³/mol. The summed E-state index contributed by atoms with van der Waals surface area (Å²) in [4.78, 5) is 2.42. The quantitative estimate of drug-likeness (QED) is 0.693. The molecule has 0 bridgehead atoms. The molecule has 0 amide bonds. The maximum absolute atomic E-state index is 5.67. The lowest BCUT2D eigenvalue weighted by Gasteiger charge is -2.03. The van der Waals surface area contributed by atoms with Crippen LogP contribution in [0.25, 0.3) is 5.52 Å². The third-order valence-electron chi connectivity index (χ3n) is 2.61. The van der Waals surface area contributed by atoms with Gasteiger partial charge in [-0.1, -0.05) is 11.8 Å². The minimum atomic E-state index is 0.801. The van der Waals surface area contributed by atoms with Crippen LogP contribution in [0.2, 0.25) is 0 Å². The molecule has 0 unspecified atom stereocenters. The number of rotatable bonds is 2. The predicted octanol–water partition coefficient (Wildman–Crippen LogP) is 3.67. The van der Waals surface area contributed by atoms with E-state index in [2.05, 4.69) is 35.0 Å². The number of pyridine rings is 1. The maximum atomic E-state index is 5.67. The molecular formula is C14H12N2S. The standard InChI is InChI=1S/C14H12N2S/c15-11-3-6-13(7-4-11)17-14-8-5-12-2-1-9-16(12)10-14/h1-10H,15H2. The zero-order valence-corrected chi connectivity index (χ0v) is 10.0. The highest BCUT2D eigenvalue weighted by Crippen LogP contribution is 2.28. The van der Waals surface area contributed by atoms with Crippen LogP contribution in [0.3, 0.4) is 0 Å². The van der Waals surface area contributed by atoms with Crippen molar-refractivity contribution in [1.82, 2.24) is 4.40 Å². The Morgan fingerprint density at radius 3 is 2.47 bits per heavy atom. The normalized spacial score (nSPS) is 10.8. The van der Waals surface area contributed by atoms with Gasteiger partial charge in [-0.3, -0.25) is 0 Å². The van der Waals surface area contributed by atoms with Gasteiger partial charge in [0.1, 0.15) is 0 Å². The highest BCUT2D eigenvalue weighted by atomic mass is 32.2. The van der Waals surface area contributed by atoms with Gasteiger partial charge in [-0.15, -0.1) is 0 Å². The Hall–Kier alpha value is -1.87. The summed E-state index contributed by atoms with van der Waals surface area (Å²) < 4.78 is 2.12. The van der Waals surface area contributed by atoms with Crippen molar-refractivity contribution in [2.45, 2.75) is 9.79 Å². The Morgan fingerprint density at radius 1 is 0.882 bits per heavy atom. The number of nitrogens with two attached hydrogens (primary N) is 1. The molecule has 0 aliphatic heterocycles. The van der Waals surface area contributed by atoms with Gasteiger partial charge in [-0.2, -0.15) is 0 Å². The second-order valence-electron chi connectivity index (χ2n) is 3.88. The van der Waals surface area contributed by atoms with E-state index >= 15 is 0 Å². The average Bonchev–Trinajstić information content (AvgIpc) is 2.79. The third kappa shape index (κ3) is 2.15. The van der Waals surface area contributed by atoms with Gasteiger partial charge in [-0.05, 0) is 48.5 Å². The second-order valence-corrected chi connectivity index (χ2v) is 5.02. The molecule has 0 aliphatic carbocycles. The van der Waals surface area contributed by atoms with Crippen molar-refractivity contribution in [3.8, 4) is 0 Å². The zero-order valence-electron chi connectivity index (χ0n) is 9.21. The van der Waals surface area contributed by atoms with Gasteiger partial charge in [0.2, 0.25) is 0 Å². The number of aromatic nitrogens is 1. The van der Waals surface area contributed by atoms with Crippen LogP contribution >= 0.6 is 11.8 Å². The van der Waals surface area contributed by atoms with Gasteiger partial charge >= 0.3 is 0 Å². The molecule has 84 valence electrons. The van der Waals surface area contributed by atoms with E-state index in [1.807, 2.05) is 30.3 Å². The summed E-state index contributed by atoms with van der Waals surface area (Å²) in [6, 6.07) is 16.3. The topological polar surface area (TPSA) is 30.4 Å². The third-order valence-corrected chi connectivity index (χ3v) is 3.60. The van der Waals surface area contributed by atoms with E-state index in [9.17, 15) is 0 Å². The first-order chi connectivity index (χ1) is 8.31. The Morgan fingerprint density at radius 2 is 1.65 bits per heavy atom. The molecule has 0 radical (unpaired) electrons. The highest BCUT2D eigenvalue weighted by Gasteiger charge is 1.99. The van der Waals surface area contributed by atoms with E-state index in [1.54, 1.807) is 11.8 Å². The van der Waals surface area contributed by atoms with Crippen LogP contribution in [0.5, 0.6) is 0 Å². The number of nitrogens with zero attached hydrogens (tertiary/aromatic N) is 1. The Kier molecular flexibility index (Phi) is 2.53. The van der Waals surface area contributed by atoms with Crippen LogP contribution in [-0.4, -0.2) is 4.40 Å². The van der Waals surface area contributed by atoms with Crippen LogP contribution in [-0.2, 0) is 0 Å². The van der Waals surface area contributed by atoms with Crippen molar-refractivity contribution in [2.75, 3.05) is 5.73 Å². The molecule has 3 aromatic rings. The summed E-state index contributed by atoms with van der Waals surface area (Å²) in [5.41, 5.74) is 7.68. The fourth-order valence-electron chi connectivity index (χ4n) is 1.75. The van der Waals surface area contributed by atoms with Crippen LogP contribution in [0, 0.1) is 0 Å². The minimum absolute atomic E-state index is 0.801. The molecule has 3 rings (SSSR count). The van der Waals surface area contributed by atoms with E-state index in [0.717, 1.165) is 5.69 Å². The van der Waals surface area contributed by atoms with Gasteiger partial charge < -0.3 is 10.1 Å². The second kappa shape index (κ2) is 4.18. The Balaban J connectivity index is 1.91. The summed E-state index contributed by atoms with van der Waals surface area (Å²) in [6.45, 7) is 0. The Bertz CT molecular complexity index is 641. The molecule has 0 spiro atoms. The number of hydrogen-bond acceptors (Lipinski definition) is 2. The molecule has 1 aromatic carbocycles. The number of anilines is 1. The van der Waals surface area contributed by atoms with Crippen molar-refractivity contribution in [3.63, 3.8) is 0 Å². The van der Waals surface area contributed by atoms with Crippen molar-refractivity contribution >= 4 is 23.0 Å². The number of benzene rings is 1. The van der Waals surface area contributed by atoms with E-state index in [0.29, 0.717) is 0 Å². The van der Waals surface area contributed by atoms with E-state index in [4.69, 9.17) is 5.73 Å². The van der Waals surface area contributed by atoms with Crippen LogP contribution < -0.4 is 5.73 Å². The fraction of sp³-hybridized carbons (Fsp3) is 0. The van der Waals surface area contributed by atoms with Crippen molar-refractivity contribution in [1.29, 1.82) is 0 Å². The van der Waals surface area contributed by atoms with E-state index < -0.39 is 0 Å². The summed E-state index contributed by atoms with van der Waals surface area (Å²) in [7, 11) is 0. The lowest BCUT2D eigenvalue weighted by Crippen LogP contribution is -1.84. The van der Waals surface area contributed by atoms with E-state index in [-0.39, 0.29) is 0 Å². The summed E-state index contributed by atoms with van der Waals surface area (Å²) in [5, 5.41) is 0. The molecule has 17 heavy (non-hydrogen) atoms. The van der Waals surface area contributed by atoms with Crippen LogP contribution in [0.15, 0.2) is 70.7 Å². The molecule has 0 fully saturated rings. The first-order valence-electron chi connectivity index (χ1n) is 5.41. The fourth-order valence-corrected chi connectivity index (χ4v) is 2.59.